The van der Waals surface area contributed by atoms with Gasteiger partial charge in [0.25, 0.3) is 0 Å². The van der Waals surface area contributed by atoms with Gasteiger partial charge in [-0.15, -0.1) is 0 Å². The Morgan fingerprint density at radius 1 is 0.889 bits per heavy atom. The van der Waals surface area contributed by atoms with E-state index in [-0.39, 0.29) is 6.03 Å². The summed E-state index contributed by atoms with van der Waals surface area (Å²) in [5.41, 5.74) is 3.95. The monoisotopic (exact) mass is 357 g/mol. The molecule has 0 radical (unpaired) electrons. The molecule has 2 amide bonds. The van der Waals surface area contributed by atoms with Crippen LogP contribution in [0.3, 0.4) is 0 Å². The maximum atomic E-state index is 12.5. The van der Waals surface area contributed by atoms with Crippen LogP contribution in [0.15, 0.2) is 67.0 Å². The summed E-state index contributed by atoms with van der Waals surface area (Å²) >= 11 is 0. The summed E-state index contributed by atoms with van der Waals surface area (Å²) in [6, 6.07) is 16.9. The van der Waals surface area contributed by atoms with E-state index in [1.54, 1.807) is 12.4 Å². The normalized spacial score (nSPS) is 10.7. The van der Waals surface area contributed by atoms with Crippen molar-refractivity contribution in [2.24, 2.45) is 0 Å². The van der Waals surface area contributed by atoms with Gasteiger partial charge in [-0.05, 0) is 42.5 Å². The number of carbonyl (C=O) groups excluding carboxylic acids is 1. The van der Waals surface area contributed by atoms with E-state index in [0.29, 0.717) is 11.4 Å². The van der Waals surface area contributed by atoms with Gasteiger partial charge in [-0.3, -0.25) is 9.97 Å². The van der Waals surface area contributed by atoms with Crippen LogP contribution in [-0.2, 0) is 0 Å². The SMILES string of the molecule is CN(C)c1ccc(NC(=O)Nc2cc3ncccc3c3cccnc23)cc1. The first-order valence-electron chi connectivity index (χ1n) is 8.60. The van der Waals surface area contributed by atoms with Crippen molar-refractivity contribution in [2.75, 3.05) is 29.6 Å². The molecule has 0 aliphatic heterocycles. The summed E-state index contributed by atoms with van der Waals surface area (Å²) in [7, 11) is 3.95. The maximum absolute atomic E-state index is 12.5. The molecule has 0 spiro atoms. The lowest BCUT2D eigenvalue weighted by molar-refractivity contribution is 0.262. The predicted octanol–water partition coefficient (Wildman–Crippen LogP) is 4.49. The minimum absolute atomic E-state index is 0.324. The van der Waals surface area contributed by atoms with Gasteiger partial charge in [0, 0.05) is 48.6 Å². The fraction of sp³-hybridized carbons (Fsp3) is 0.0952. The maximum Gasteiger partial charge on any atom is 0.323 e. The number of anilines is 3. The molecular weight excluding hydrogens is 338 g/mol. The molecule has 2 aromatic heterocycles. The number of carbonyl (C=O) groups is 1. The van der Waals surface area contributed by atoms with Crippen molar-refractivity contribution in [2.45, 2.75) is 0 Å². The number of nitrogens with one attached hydrogen (secondary N) is 2. The average Bonchev–Trinajstić information content (AvgIpc) is 2.68. The second-order valence-electron chi connectivity index (χ2n) is 6.41. The van der Waals surface area contributed by atoms with E-state index in [0.717, 1.165) is 27.5 Å². The van der Waals surface area contributed by atoms with Crippen LogP contribution in [0.2, 0.25) is 0 Å². The second kappa shape index (κ2) is 6.92. The summed E-state index contributed by atoms with van der Waals surface area (Å²) < 4.78 is 0. The zero-order valence-electron chi connectivity index (χ0n) is 15.1. The average molecular weight is 357 g/mol. The molecule has 134 valence electrons. The molecule has 6 heteroatoms. The number of aromatic nitrogens is 2. The summed E-state index contributed by atoms with van der Waals surface area (Å²) in [5.74, 6) is 0. The van der Waals surface area contributed by atoms with Crippen molar-refractivity contribution in [1.29, 1.82) is 0 Å². The van der Waals surface area contributed by atoms with Crippen molar-refractivity contribution in [1.82, 2.24) is 9.97 Å². The number of hydrogen-bond acceptors (Lipinski definition) is 4. The van der Waals surface area contributed by atoms with E-state index in [1.807, 2.05) is 73.6 Å². The van der Waals surface area contributed by atoms with Gasteiger partial charge in [0.1, 0.15) is 0 Å². The molecule has 0 atom stereocenters. The van der Waals surface area contributed by atoms with Gasteiger partial charge >= 0.3 is 6.03 Å². The third-order valence-corrected chi connectivity index (χ3v) is 4.36. The number of fused-ring (bicyclic) bond motifs is 3. The van der Waals surface area contributed by atoms with Crippen LogP contribution >= 0.6 is 0 Å². The Balaban J connectivity index is 1.63. The molecule has 6 nitrogen and oxygen atoms in total. The van der Waals surface area contributed by atoms with Crippen LogP contribution in [0.1, 0.15) is 0 Å². The molecule has 2 heterocycles. The Bertz CT molecular complexity index is 1120. The van der Waals surface area contributed by atoms with Crippen LogP contribution in [0.5, 0.6) is 0 Å². The lowest BCUT2D eigenvalue weighted by atomic mass is 10.1. The van der Waals surface area contributed by atoms with Crippen LogP contribution in [0.25, 0.3) is 21.8 Å². The number of pyridine rings is 2. The molecule has 0 unspecified atom stereocenters. The zero-order chi connectivity index (χ0) is 18.8. The highest BCUT2D eigenvalue weighted by atomic mass is 16.2. The Morgan fingerprint density at radius 3 is 2.33 bits per heavy atom. The van der Waals surface area contributed by atoms with Crippen LogP contribution < -0.4 is 15.5 Å². The van der Waals surface area contributed by atoms with Gasteiger partial charge in [-0.1, -0.05) is 12.1 Å². The van der Waals surface area contributed by atoms with Gasteiger partial charge in [0.2, 0.25) is 0 Å². The molecular formula is C21H19N5O. The molecule has 27 heavy (non-hydrogen) atoms. The summed E-state index contributed by atoms with van der Waals surface area (Å²) in [6.45, 7) is 0. The molecule has 0 bridgehead atoms. The highest BCUT2D eigenvalue weighted by molar-refractivity contribution is 6.13. The van der Waals surface area contributed by atoms with E-state index in [1.165, 1.54) is 0 Å². The van der Waals surface area contributed by atoms with Crippen molar-refractivity contribution >= 4 is 44.9 Å². The van der Waals surface area contributed by atoms with E-state index in [2.05, 4.69) is 20.6 Å². The third kappa shape index (κ3) is 3.37. The minimum atomic E-state index is -0.324. The van der Waals surface area contributed by atoms with E-state index in [4.69, 9.17) is 0 Å². The number of urea groups is 1. The molecule has 0 aliphatic rings. The first-order valence-corrected chi connectivity index (χ1v) is 8.60. The largest absolute Gasteiger partial charge is 0.378 e. The summed E-state index contributed by atoms with van der Waals surface area (Å²) in [5, 5.41) is 7.71. The minimum Gasteiger partial charge on any atom is -0.378 e. The Morgan fingerprint density at radius 2 is 1.59 bits per heavy atom. The molecule has 0 saturated heterocycles. The second-order valence-corrected chi connectivity index (χ2v) is 6.41. The Kier molecular flexibility index (Phi) is 4.30. The van der Waals surface area contributed by atoms with Crippen molar-refractivity contribution in [3.05, 3.63) is 67.0 Å². The third-order valence-electron chi connectivity index (χ3n) is 4.36. The number of nitrogens with zero attached hydrogens (tertiary/aromatic N) is 3. The van der Waals surface area contributed by atoms with Crippen LogP contribution in [0, 0.1) is 0 Å². The lowest BCUT2D eigenvalue weighted by Gasteiger charge is -2.14. The van der Waals surface area contributed by atoms with E-state index >= 15 is 0 Å². The van der Waals surface area contributed by atoms with Gasteiger partial charge in [0.05, 0.1) is 16.7 Å². The fourth-order valence-electron chi connectivity index (χ4n) is 3.03. The molecule has 2 N–H and O–H groups in total. The van der Waals surface area contributed by atoms with E-state index in [9.17, 15) is 4.79 Å². The zero-order valence-corrected chi connectivity index (χ0v) is 15.1. The summed E-state index contributed by atoms with van der Waals surface area (Å²) in [6.07, 6.45) is 3.45. The standard InChI is InChI=1S/C21H19N5O/c1-26(2)15-9-7-14(8-10-15)24-21(27)25-19-13-18-16(5-3-11-22-18)17-6-4-12-23-20(17)19/h3-13H,1-2H3,(H2,24,25,27). The number of benzene rings is 2. The topological polar surface area (TPSA) is 70.2 Å². The predicted molar refractivity (Wildman–Crippen MR) is 110 cm³/mol. The van der Waals surface area contributed by atoms with Gasteiger partial charge in [-0.2, -0.15) is 0 Å². The van der Waals surface area contributed by atoms with Crippen molar-refractivity contribution < 1.29 is 4.79 Å². The summed E-state index contributed by atoms with van der Waals surface area (Å²) in [4.78, 5) is 23.4. The smallest absolute Gasteiger partial charge is 0.323 e. The van der Waals surface area contributed by atoms with Crippen molar-refractivity contribution in [3.8, 4) is 0 Å². The van der Waals surface area contributed by atoms with E-state index < -0.39 is 0 Å². The molecule has 0 saturated carbocycles. The number of hydrogen-bond donors (Lipinski definition) is 2. The Labute approximate surface area is 156 Å². The van der Waals surface area contributed by atoms with Crippen LogP contribution in [-0.4, -0.2) is 30.1 Å². The molecule has 4 aromatic rings. The first kappa shape index (κ1) is 16.8. The molecule has 4 rings (SSSR count). The highest BCUT2D eigenvalue weighted by Crippen LogP contribution is 2.29. The first-order chi connectivity index (χ1) is 13.1. The quantitative estimate of drug-likeness (QED) is 0.530. The number of rotatable bonds is 3. The fourth-order valence-corrected chi connectivity index (χ4v) is 3.03. The van der Waals surface area contributed by atoms with Gasteiger partial charge in [0.15, 0.2) is 0 Å². The lowest BCUT2D eigenvalue weighted by Crippen LogP contribution is -2.20. The number of amides is 2. The van der Waals surface area contributed by atoms with Gasteiger partial charge < -0.3 is 15.5 Å². The van der Waals surface area contributed by atoms with Gasteiger partial charge in [-0.25, -0.2) is 4.79 Å². The van der Waals surface area contributed by atoms with Crippen molar-refractivity contribution in [3.63, 3.8) is 0 Å². The molecule has 0 fully saturated rings. The van der Waals surface area contributed by atoms with Crippen LogP contribution in [0.4, 0.5) is 21.9 Å². The molecule has 0 aliphatic carbocycles. The Hall–Kier alpha value is -3.67. The molecule has 2 aromatic carbocycles. The highest BCUT2D eigenvalue weighted by Gasteiger charge is 2.11.